The fourth-order valence-corrected chi connectivity index (χ4v) is 5.11. The molecule has 2 aromatic carbocycles. The molecule has 0 saturated heterocycles. The number of halogens is 3. The quantitative estimate of drug-likeness (QED) is 0.206. The summed E-state index contributed by atoms with van der Waals surface area (Å²) in [6.45, 7) is 0. The van der Waals surface area contributed by atoms with E-state index in [0.717, 1.165) is 0 Å². The topological polar surface area (TPSA) is 95.7 Å². The number of nitrogens with zero attached hydrogens (tertiary/aromatic N) is 4. The maximum atomic E-state index is 13.4. The SMILES string of the molecule is O=c1oc2ccccc2c2c1C(c1ccc(Cl)c(Cl)c1)c1c(ncn3nc(-c4ccc(Br)o4)nc13)O2. The minimum Gasteiger partial charge on any atom is -0.446 e. The fraction of sp³-hybridized carbons (Fsp3) is 0.0400. The van der Waals surface area contributed by atoms with Crippen molar-refractivity contribution in [3.05, 3.63) is 103 Å². The van der Waals surface area contributed by atoms with E-state index in [0.29, 0.717) is 71.2 Å². The Hall–Kier alpha value is -3.66. The largest absolute Gasteiger partial charge is 0.446 e. The number of benzene rings is 2. The molecule has 0 saturated carbocycles. The molecular weight excluding hydrogens is 571 g/mol. The van der Waals surface area contributed by atoms with E-state index in [2.05, 4.69) is 26.0 Å². The fourth-order valence-electron chi connectivity index (χ4n) is 4.49. The van der Waals surface area contributed by atoms with E-state index in [1.165, 1.54) is 10.8 Å². The molecule has 0 spiro atoms. The first-order chi connectivity index (χ1) is 17.5. The summed E-state index contributed by atoms with van der Waals surface area (Å²) in [7, 11) is 0. The number of furan rings is 1. The van der Waals surface area contributed by atoms with E-state index in [1.807, 2.05) is 12.1 Å². The smallest absolute Gasteiger partial charge is 0.344 e. The molecule has 0 amide bonds. The lowest BCUT2D eigenvalue weighted by Gasteiger charge is -2.27. The summed E-state index contributed by atoms with van der Waals surface area (Å²) in [5.41, 5.74) is 1.85. The van der Waals surface area contributed by atoms with Crippen molar-refractivity contribution in [3.8, 4) is 23.2 Å². The van der Waals surface area contributed by atoms with Crippen molar-refractivity contribution in [2.45, 2.75) is 5.92 Å². The van der Waals surface area contributed by atoms with Crippen LogP contribution in [0.4, 0.5) is 0 Å². The first kappa shape index (κ1) is 21.6. The molecule has 11 heteroatoms. The van der Waals surface area contributed by atoms with Gasteiger partial charge in [0, 0.05) is 0 Å². The molecule has 4 aromatic heterocycles. The van der Waals surface area contributed by atoms with Crippen molar-refractivity contribution in [3.63, 3.8) is 0 Å². The number of hydrogen-bond acceptors (Lipinski definition) is 7. The van der Waals surface area contributed by atoms with Crippen molar-refractivity contribution in [2.75, 3.05) is 0 Å². The van der Waals surface area contributed by atoms with Crippen LogP contribution in [-0.4, -0.2) is 19.6 Å². The van der Waals surface area contributed by atoms with Crippen LogP contribution < -0.4 is 10.4 Å². The average molecular weight is 582 g/mol. The molecule has 0 N–H and O–H groups in total. The second-order valence-electron chi connectivity index (χ2n) is 8.11. The highest BCUT2D eigenvalue weighted by Gasteiger charge is 2.37. The summed E-state index contributed by atoms with van der Waals surface area (Å²) in [5.74, 6) is 0.808. The van der Waals surface area contributed by atoms with Crippen LogP contribution in [0.3, 0.4) is 0 Å². The van der Waals surface area contributed by atoms with E-state index in [4.69, 9.17) is 41.8 Å². The zero-order chi connectivity index (χ0) is 24.6. The molecule has 1 aliphatic heterocycles. The van der Waals surface area contributed by atoms with Crippen molar-refractivity contribution in [1.82, 2.24) is 19.6 Å². The lowest BCUT2D eigenvalue weighted by molar-refractivity contribution is 0.422. The van der Waals surface area contributed by atoms with Gasteiger partial charge in [0.25, 0.3) is 0 Å². The molecule has 0 radical (unpaired) electrons. The third-order valence-electron chi connectivity index (χ3n) is 6.03. The van der Waals surface area contributed by atoms with Gasteiger partial charge in [0.15, 0.2) is 21.8 Å². The molecule has 36 heavy (non-hydrogen) atoms. The van der Waals surface area contributed by atoms with Crippen LogP contribution in [0.1, 0.15) is 22.6 Å². The Balaban J connectivity index is 1.56. The monoisotopic (exact) mass is 580 g/mol. The van der Waals surface area contributed by atoms with Crippen LogP contribution >= 0.6 is 39.1 Å². The van der Waals surface area contributed by atoms with Crippen LogP contribution in [-0.2, 0) is 0 Å². The molecule has 1 atom stereocenters. The van der Waals surface area contributed by atoms with Gasteiger partial charge in [-0.1, -0.05) is 41.4 Å². The third kappa shape index (κ3) is 3.20. The summed E-state index contributed by atoms with van der Waals surface area (Å²) in [4.78, 5) is 22.6. The van der Waals surface area contributed by atoms with Crippen molar-refractivity contribution < 1.29 is 13.6 Å². The van der Waals surface area contributed by atoms with Gasteiger partial charge in [0.1, 0.15) is 11.9 Å². The van der Waals surface area contributed by atoms with E-state index < -0.39 is 11.5 Å². The van der Waals surface area contributed by atoms with Crippen LogP contribution in [0, 0.1) is 0 Å². The Morgan fingerprint density at radius 1 is 0.972 bits per heavy atom. The Labute approximate surface area is 220 Å². The number of para-hydroxylation sites is 1. The second-order valence-corrected chi connectivity index (χ2v) is 9.70. The normalized spacial score (nSPS) is 14.6. The number of fused-ring (bicyclic) bond motifs is 6. The highest BCUT2D eigenvalue weighted by Crippen LogP contribution is 2.49. The minimum absolute atomic E-state index is 0.293. The highest BCUT2D eigenvalue weighted by molar-refractivity contribution is 9.10. The third-order valence-corrected chi connectivity index (χ3v) is 7.20. The zero-order valence-corrected chi connectivity index (χ0v) is 21.0. The summed E-state index contributed by atoms with van der Waals surface area (Å²) < 4.78 is 19.7. The first-order valence-corrected chi connectivity index (χ1v) is 12.2. The van der Waals surface area contributed by atoms with Crippen molar-refractivity contribution in [2.24, 2.45) is 0 Å². The lowest BCUT2D eigenvalue weighted by atomic mass is 9.84. The molecule has 1 aliphatic rings. The van der Waals surface area contributed by atoms with Gasteiger partial charge in [-0.15, -0.1) is 5.10 Å². The van der Waals surface area contributed by atoms with Crippen molar-refractivity contribution >= 4 is 55.7 Å². The predicted octanol–water partition coefficient (Wildman–Crippen LogP) is 6.85. The number of rotatable bonds is 2. The average Bonchev–Trinajstić information content (AvgIpc) is 3.51. The predicted molar refractivity (Wildman–Crippen MR) is 136 cm³/mol. The summed E-state index contributed by atoms with van der Waals surface area (Å²) >= 11 is 15.9. The molecular formula is C25H11BrCl2N4O4. The van der Waals surface area contributed by atoms with Crippen LogP contribution in [0.2, 0.25) is 10.0 Å². The molecule has 5 heterocycles. The van der Waals surface area contributed by atoms with Gasteiger partial charge in [-0.3, -0.25) is 0 Å². The molecule has 0 fully saturated rings. The van der Waals surface area contributed by atoms with Crippen molar-refractivity contribution in [1.29, 1.82) is 0 Å². The highest BCUT2D eigenvalue weighted by atomic mass is 79.9. The molecule has 8 nitrogen and oxygen atoms in total. The summed E-state index contributed by atoms with van der Waals surface area (Å²) in [6.07, 6.45) is 1.51. The lowest BCUT2D eigenvalue weighted by Crippen LogP contribution is -2.22. The Bertz CT molecular complexity index is 1910. The van der Waals surface area contributed by atoms with Gasteiger partial charge in [-0.2, -0.15) is 0 Å². The summed E-state index contributed by atoms with van der Waals surface area (Å²) in [5, 5.41) is 5.90. The molecule has 1 unspecified atom stereocenters. The van der Waals surface area contributed by atoms with E-state index in [-0.39, 0.29) is 0 Å². The second kappa shape index (κ2) is 7.92. The molecule has 0 bridgehead atoms. The van der Waals surface area contributed by atoms with E-state index in [9.17, 15) is 4.79 Å². The van der Waals surface area contributed by atoms with Gasteiger partial charge in [0.05, 0.1) is 32.5 Å². The van der Waals surface area contributed by atoms with Crippen LogP contribution in [0.15, 0.2) is 79.2 Å². The van der Waals surface area contributed by atoms with Gasteiger partial charge in [0.2, 0.25) is 11.7 Å². The number of ether oxygens (including phenoxy) is 1. The van der Waals surface area contributed by atoms with E-state index in [1.54, 1.807) is 42.5 Å². The number of hydrogen-bond donors (Lipinski definition) is 0. The Kier molecular flexibility index (Phi) is 4.76. The molecule has 0 aliphatic carbocycles. The van der Waals surface area contributed by atoms with Gasteiger partial charge in [-0.05, 0) is 57.9 Å². The molecule has 6 aromatic rings. The summed E-state index contributed by atoms with van der Waals surface area (Å²) in [6, 6.07) is 15.9. The minimum atomic E-state index is -0.670. The Morgan fingerprint density at radius 3 is 2.64 bits per heavy atom. The first-order valence-electron chi connectivity index (χ1n) is 10.7. The molecule has 7 rings (SSSR count). The van der Waals surface area contributed by atoms with Gasteiger partial charge in [-0.25, -0.2) is 19.3 Å². The van der Waals surface area contributed by atoms with Gasteiger partial charge >= 0.3 is 5.63 Å². The van der Waals surface area contributed by atoms with Crippen LogP contribution in [0.25, 0.3) is 28.2 Å². The Morgan fingerprint density at radius 2 is 1.83 bits per heavy atom. The maximum Gasteiger partial charge on any atom is 0.344 e. The maximum absolute atomic E-state index is 13.4. The zero-order valence-electron chi connectivity index (χ0n) is 17.9. The number of aromatic nitrogens is 4. The van der Waals surface area contributed by atoms with Crippen LogP contribution in [0.5, 0.6) is 11.6 Å². The molecule has 176 valence electrons. The van der Waals surface area contributed by atoms with Gasteiger partial charge < -0.3 is 13.6 Å². The standard InChI is InChI=1S/C25H11BrCl2N4O4/c26-17-8-7-16(34-17)22-30-23-20-18(11-5-6-13(27)14(28)9-11)19-21(36-24(20)29-10-32(23)31-22)12-3-1-2-4-15(12)35-25(19)33/h1-10,18H. The van der Waals surface area contributed by atoms with E-state index >= 15 is 0 Å².